The van der Waals surface area contributed by atoms with E-state index in [1.807, 2.05) is 14.0 Å². The fourth-order valence-electron chi connectivity index (χ4n) is 1.92. The molecule has 2 aromatic rings. The second kappa shape index (κ2) is 6.15. The maximum atomic E-state index is 9.17. The van der Waals surface area contributed by atoms with E-state index in [0.717, 1.165) is 17.0 Å². The van der Waals surface area contributed by atoms with Crippen LogP contribution < -0.4 is 9.47 Å². The molecule has 0 aliphatic rings. The largest absolute Gasteiger partial charge is 0.493 e. The number of benzene rings is 1. The summed E-state index contributed by atoms with van der Waals surface area (Å²) in [6.07, 6.45) is 0. The van der Waals surface area contributed by atoms with Crippen molar-refractivity contribution < 1.29 is 14.6 Å². The van der Waals surface area contributed by atoms with Gasteiger partial charge in [0.25, 0.3) is 0 Å². The molecule has 6 heteroatoms. The zero-order chi connectivity index (χ0) is 14.7. The molecule has 0 unspecified atom stereocenters. The van der Waals surface area contributed by atoms with Gasteiger partial charge in [0.1, 0.15) is 6.61 Å². The summed E-state index contributed by atoms with van der Waals surface area (Å²) >= 11 is 6.18. The van der Waals surface area contributed by atoms with E-state index in [4.69, 9.17) is 21.1 Å². The number of aromatic nitrogens is 2. The highest BCUT2D eigenvalue weighted by Crippen LogP contribution is 2.30. The van der Waals surface area contributed by atoms with Crippen LogP contribution in [0.2, 0.25) is 5.02 Å². The number of rotatable bonds is 5. The summed E-state index contributed by atoms with van der Waals surface area (Å²) in [7, 11) is 3.39. The predicted octanol–water partition coefficient (Wildman–Crippen LogP) is 2.46. The number of nitrogens with zero attached hydrogens (tertiary/aromatic N) is 2. The second-order valence-electron chi connectivity index (χ2n) is 4.40. The van der Waals surface area contributed by atoms with Gasteiger partial charge in [-0.1, -0.05) is 17.7 Å². The highest BCUT2D eigenvalue weighted by atomic mass is 35.5. The van der Waals surface area contributed by atoms with Gasteiger partial charge in [-0.3, -0.25) is 4.68 Å². The van der Waals surface area contributed by atoms with Gasteiger partial charge in [-0.2, -0.15) is 5.10 Å². The number of aliphatic hydroxyl groups excluding tert-OH is 1. The maximum absolute atomic E-state index is 9.17. The topological polar surface area (TPSA) is 56.5 Å². The summed E-state index contributed by atoms with van der Waals surface area (Å²) in [5.41, 5.74) is 2.32. The average molecular weight is 297 g/mol. The minimum absolute atomic E-state index is 0.0497. The third-order valence-corrected chi connectivity index (χ3v) is 3.53. The number of aryl methyl sites for hydroxylation is 2. The van der Waals surface area contributed by atoms with Gasteiger partial charge in [0.2, 0.25) is 0 Å². The Morgan fingerprint density at radius 1 is 1.35 bits per heavy atom. The van der Waals surface area contributed by atoms with Crippen LogP contribution in [-0.4, -0.2) is 22.0 Å². The first-order chi connectivity index (χ1) is 9.56. The van der Waals surface area contributed by atoms with E-state index in [9.17, 15) is 5.11 Å². The van der Waals surface area contributed by atoms with Crippen molar-refractivity contribution in [2.45, 2.75) is 20.1 Å². The summed E-state index contributed by atoms with van der Waals surface area (Å²) in [6, 6.07) is 5.29. The van der Waals surface area contributed by atoms with E-state index in [1.54, 1.807) is 30.0 Å². The monoisotopic (exact) mass is 296 g/mol. The average Bonchev–Trinajstić information content (AvgIpc) is 2.70. The lowest BCUT2D eigenvalue weighted by Crippen LogP contribution is -2.04. The smallest absolute Gasteiger partial charge is 0.162 e. The first kappa shape index (κ1) is 14.7. The zero-order valence-corrected chi connectivity index (χ0v) is 12.4. The molecular weight excluding hydrogens is 280 g/mol. The Hall–Kier alpha value is -1.72. The molecule has 0 aliphatic heterocycles. The molecule has 0 fully saturated rings. The van der Waals surface area contributed by atoms with E-state index in [-0.39, 0.29) is 13.2 Å². The molecule has 0 atom stereocenters. The predicted molar refractivity (Wildman–Crippen MR) is 76.2 cm³/mol. The van der Waals surface area contributed by atoms with Gasteiger partial charge in [0.05, 0.1) is 30.1 Å². The van der Waals surface area contributed by atoms with Crippen LogP contribution in [0.3, 0.4) is 0 Å². The van der Waals surface area contributed by atoms with Gasteiger partial charge in [-0.05, 0) is 24.6 Å². The number of halogens is 1. The van der Waals surface area contributed by atoms with Crippen LogP contribution in [0.4, 0.5) is 0 Å². The molecule has 1 N–H and O–H groups in total. The Morgan fingerprint density at radius 2 is 2.10 bits per heavy atom. The van der Waals surface area contributed by atoms with Gasteiger partial charge in [0, 0.05) is 7.05 Å². The molecular formula is C14H17ClN2O3. The van der Waals surface area contributed by atoms with Crippen molar-refractivity contribution in [3.8, 4) is 11.5 Å². The van der Waals surface area contributed by atoms with Crippen molar-refractivity contribution in [2.24, 2.45) is 7.05 Å². The van der Waals surface area contributed by atoms with Crippen LogP contribution in [0.15, 0.2) is 18.2 Å². The fourth-order valence-corrected chi connectivity index (χ4v) is 2.13. The lowest BCUT2D eigenvalue weighted by atomic mass is 10.2. The van der Waals surface area contributed by atoms with Crippen molar-refractivity contribution >= 4 is 11.6 Å². The Balaban J connectivity index is 2.21. The lowest BCUT2D eigenvalue weighted by molar-refractivity contribution is 0.267. The summed E-state index contributed by atoms with van der Waals surface area (Å²) in [6.45, 7) is 2.08. The third-order valence-electron chi connectivity index (χ3n) is 3.04. The summed E-state index contributed by atoms with van der Waals surface area (Å²) in [4.78, 5) is 0. The summed E-state index contributed by atoms with van der Waals surface area (Å²) in [5.74, 6) is 1.17. The molecule has 0 radical (unpaired) electrons. The van der Waals surface area contributed by atoms with Gasteiger partial charge in [0.15, 0.2) is 11.5 Å². The molecule has 20 heavy (non-hydrogen) atoms. The molecule has 1 aromatic carbocycles. The van der Waals surface area contributed by atoms with E-state index in [0.29, 0.717) is 16.5 Å². The van der Waals surface area contributed by atoms with Crippen LogP contribution in [-0.2, 0) is 20.3 Å². The molecule has 5 nitrogen and oxygen atoms in total. The van der Waals surface area contributed by atoms with E-state index in [1.165, 1.54) is 0 Å². The van der Waals surface area contributed by atoms with Crippen molar-refractivity contribution in [2.75, 3.05) is 7.11 Å². The fraction of sp³-hybridized carbons (Fsp3) is 0.357. The minimum Gasteiger partial charge on any atom is -0.493 e. The molecule has 0 saturated carbocycles. The zero-order valence-electron chi connectivity index (χ0n) is 11.7. The van der Waals surface area contributed by atoms with Crippen LogP contribution in [0.5, 0.6) is 11.5 Å². The van der Waals surface area contributed by atoms with E-state index < -0.39 is 0 Å². The second-order valence-corrected chi connectivity index (χ2v) is 4.78. The number of methoxy groups -OCH3 is 1. The molecule has 0 spiro atoms. The summed E-state index contributed by atoms with van der Waals surface area (Å²) < 4.78 is 12.7. The highest BCUT2D eigenvalue weighted by molar-refractivity contribution is 6.31. The van der Waals surface area contributed by atoms with Gasteiger partial charge >= 0.3 is 0 Å². The SMILES string of the molecule is COc1ccc(CO)cc1OCc1c(Cl)c(C)nn1C. The first-order valence-corrected chi connectivity index (χ1v) is 6.53. The maximum Gasteiger partial charge on any atom is 0.162 e. The van der Waals surface area contributed by atoms with Gasteiger partial charge in [-0.25, -0.2) is 0 Å². The molecule has 0 aliphatic carbocycles. The number of hydrogen-bond donors (Lipinski definition) is 1. The van der Waals surface area contributed by atoms with Gasteiger partial charge < -0.3 is 14.6 Å². The lowest BCUT2D eigenvalue weighted by Gasteiger charge is -2.12. The van der Waals surface area contributed by atoms with E-state index >= 15 is 0 Å². The standard InChI is InChI=1S/C14H17ClN2O3/c1-9-14(15)11(17(2)16-9)8-20-13-6-10(7-18)4-5-12(13)19-3/h4-6,18H,7-8H2,1-3H3. The van der Waals surface area contributed by atoms with Crippen LogP contribution in [0, 0.1) is 6.92 Å². The van der Waals surface area contributed by atoms with Crippen molar-refractivity contribution in [3.63, 3.8) is 0 Å². The Labute approximate surface area is 122 Å². The van der Waals surface area contributed by atoms with Crippen LogP contribution >= 0.6 is 11.6 Å². The molecule has 0 amide bonds. The Bertz CT molecular complexity index is 611. The number of aliphatic hydroxyl groups is 1. The molecule has 1 heterocycles. The quantitative estimate of drug-likeness (QED) is 0.921. The van der Waals surface area contributed by atoms with Crippen molar-refractivity contribution in [1.29, 1.82) is 0 Å². The molecule has 108 valence electrons. The van der Waals surface area contributed by atoms with E-state index in [2.05, 4.69) is 5.10 Å². The third kappa shape index (κ3) is 2.89. The van der Waals surface area contributed by atoms with Gasteiger partial charge in [-0.15, -0.1) is 0 Å². The molecule has 1 aromatic heterocycles. The molecule has 0 saturated heterocycles. The minimum atomic E-state index is -0.0497. The first-order valence-electron chi connectivity index (χ1n) is 6.15. The summed E-state index contributed by atoms with van der Waals surface area (Å²) in [5, 5.41) is 14.0. The Kier molecular flexibility index (Phi) is 4.52. The van der Waals surface area contributed by atoms with Crippen molar-refractivity contribution in [1.82, 2.24) is 9.78 Å². The number of ether oxygens (including phenoxy) is 2. The van der Waals surface area contributed by atoms with Crippen LogP contribution in [0.25, 0.3) is 0 Å². The molecule has 0 bridgehead atoms. The highest BCUT2D eigenvalue weighted by Gasteiger charge is 2.13. The normalized spacial score (nSPS) is 10.7. The molecule has 2 rings (SSSR count). The van der Waals surface area contributed by atoms with Crippen molar-refractivity contribution in [3.05, 3.63) is 40.2 Å². The van der Waals surface area contributed by atoms with Crippen LogP contribution in [0.1, 0.15) is 17.0 Å². The Morgan fingerprint density at radius 3 is 2.65 bits per heavy atom. The number of hydrogen-bond acceptors (Lipinski definition) is 4.